The zero-order chi connectivity index (χ0) is 26.8. The number of sulfonamides is 1. The van der Waals surface area contributed by atoms with Crippen molar-refractivity contribution in [2.24, 2.45) is 0 Å². The Kier molecular flexibility index (Phi) is 8.47. The molecule has 0 aliphatic carbocycles. The number of piperazine rings is 1. The fourth-order valence-corrected chi connectivity index (χ4v) is 6.86. The highest BCUT2D eigenvalue weighted by Gasteiger charge is 2.38. The summed E-state index contributed by atoms with van der Waals surface area (Å²) in [7, 11) is -3.87. The van der Waals surface area contributed by atoms with E-state index in [0.29, 0.717) is 49.2 Å². The molecule has 198 valence electrons. The predicted octanol–water partition coefficient (Wildman–Crippen LogP) is 4.50. The summed E-state index contributed by atoms with van der Waals surface area (Å²) < 4.78 is 80.5. The van der Waals surface area contributed by atoms with Crippen LogP contribution in [0.3, 0.4) is 0 Å². The number of carbonyl (C=O) groups is 1. The van der Waals surface area contributed by atoms with Crippen LogP contribution in [-0.4, -0.2) is 60.4 Å². The number of nitrogens with zero attached hydrogens (tertiary/aromatic N) is 2. The Balaban J connectivity index is 1.65. The molecule has 6 nitrogen and oxygen atoms in total. The summed E-state index contributed by atoms with van der Waals surface area (Å²) in [5, 5.41) is 9.09. The van der Waals surface area contributed by atoms with Crippen LogP contribution in [0.25, 0.3) is 0 Å². The second kappa shape index (κ2) is 10.9. The molecular weight excluding hydrogens is 500 g/mol. The fraction of sp³-hybridized carbons (Fsp3) is 0.480. The third-order valence-corrected chi connectivity index (χ3v) is 8.34. The van der Waals surface area contributed by atoms with E-state index in [1.807, 2.05) is 0 Å². The largest absolute Gasteiger partial charge is 0.481 e. The fourth-order valence-electron chi connectivity index (χ4n) is 4.90. The van der Waals surface area contributed by atoms with Crippen molar-refractivity contribution in [3.8, 4) is 0 Å². The molecule has 2 atom stereocenters. The highest BCUT2D eigenvalue weighted by Crippen LogP contribution is 2.32. The van der Waals surface area contributed by atoms with Crippen LogP contribution in [-0.2, 0) is 33.8 Å². The summed E-state index contributed by atoms with van der Waals surface area (Å²) in [5.74, 6) is -2.33. The molecule has 1 aliphatic heterocycles. The van der Waals surface area contributed by atoms with Gasteiger partial charge in [-0.3, -0.25) is 4.79 Å². The van der Waals surface area contributed by atoms with Gasteiger partial charge in [-0.15, -0.1) is 0 Å². The number of benzene rings is 2. The van der Waals surface area contributed by atoms with Crippen LogP contribution >= 0.6 is 0 Å². The zero-order valence-electron chi connectivity index (χ0n) is 20.3. The molecule has 0 spiro atoms. The molecule has 1 N–H and O–H groups in total. The van der Waals surface area contributed by atoms with E-state index in [2.05, 4.69) is 4.90 Å². The Morgan fingerprint density at radius 3 is 2.25 bits per heavy atom. The lowest BCUT2D eigenvalue weighted by Crippen LogP contribution is -2.58. The third-order valence-electron chi connectivity index (χ3n) is 6.23. The molecule has 1 fully saturated rings. The van der Waals surface area contributed by atoms with Crippen molar-refractivity contribution in [1.29, 1.82) is 0 Å². The van der Waals surface area contributed by atoms with Crippen molar-refractivity contribution in [1.82, 2.24) is 9.21 Å². The standard InChI is InChI=1S/C25H30F4N2O4S/c1-16-9-20(13-24(32)33)11-21(10-16)36(34,35)31-17(2)14-30(15-18(31)3)8-4-5-19-6-7-22(23(26)12-19)25(27,28)29/h6-7,9-12,17-18H,4-5,8,13-15H2,1-3H3,(H,32,33)/t17-,18?/m0/s1. The molecule has 1 heterocycles. The number of hydrogen-bond donors (Lipinski definition) is 1. The van der Waals surface area contributed by atoms with E-state index in [1.165, 1.54) is 22.5 Å². The minimum Gasteiger partial charge on any atom is -0.481 e. The maximum atomic E-state index is 13.8. The molecule has 2 aromatic carbocycles. The van der Waals surface area contributed by atoms with Crippen molar-refractivity contribution >= 4 is 16.0 Å². The van der Waals surface area contributed by atoms with E-state index >= 15 is 0 Å². The highest BCUT2D eigenvalue weighted by atomic mass is 32.2. The minimum atomic E-state index is -4.73. The van der Waals surface area contributed by atoms with Gasteiger partial charge in [0.25, 0.3) is 0 Å². The summed E-state index contributed by atoms with van der Waals surface area (Å²) in [6.45, 7) is 6.83. The molecule has 2 aromatic rings. The first kappa shape index (κ1) is 28.1. The van der Waals surface area contributed by atoms with Gasteiger partial charge in [-0.05, 0) is 81.1 Å². The molecule has 0 amide bonds. The number of aryl methyl sites for hydroxylation is 2. The van der Waals surface area contributed by atoms with Gasteiger partial charge < -0.3 is 10.0 Å². The lowest BCUT2D eigenvalue weighted by atomic mass is 10.1. The number of carboxylic acid groups (broad SMARTS) is 1. The molecule has 0 saturated carbocycles. The summed E-state index contributed by atoms with van der Waals surface area (Å²) in [5.41, 5.74) is 0.264. The molecular formula is C25H30F4N2O4S. The zero-order valence-corrected chi connectivity index (χ0v) is 21.2. The predicted molar refractivity (Wildman–Crippen MR) is 127 cm³/mol. The molecule has 0 bridgehead atoms. The number of hydrogen-bond acceptors (Lipinski definition) is 4. The lowest BCUT2D eigenvalue weighted by Gasteiger charge is -2.43. The normalized spacial score (nSPS) is 20.0. The summed E-state index contributed by atoms with van der Waals surface area (Å²) in [6.07, 6.45) is -4.03. The van der Waals surface area contributed by atoms with Crippen molar-refractivity contribution in [2.75, 3.05) is 19.6 Å². The number of halogens is 4. The second-order valence-corrected chi connectivity index (χ2v) is 11.3. The smallest absolute Gasteiger partial charge is 0.419 e. The maximum absolute atomic E-state index is 13.8. The first-order valence-corrected chi connectivity index (χ1v) is 13.1. The summed E-state index contributed by atoms with van der Waals surface area (Å²) in [4.78, 5) is 13.3. The molecule has 11 heteroatoms. The molecule has 1 saturated heterocycles. The van der Waals surface area contributed by atoms with Crippen LogP contribution < -0.4 is 0 Å². The van der Waals surface area contributed by atoms with Crippen molar-refractivity contribution in [2.45, 2.75) is 63.2 Å². The van der Waals surface area contributed by atoms with E-state index in [-0.39, 0.29) is 23.4 Å². The number of alkyl halides is 3. The highest BCUT2D eigenvalue weighted by molar-refractivity contribution is 7.89. The molecule has 36 heavy (non-hydrogen) atoms. The Morgan fingerprint density at radius 1 is 1.06 bits per heavy atom. The molecule has 1 unspecified atom stereocenters. The number of carboxylic acids is 1. The Labute approximate surface area is 208 Å². The van der Waals surface area contributed by atoms with Crippen molar-refractivity contribution < 1.29 is 35.9 Å². The Morgan fingerprint density at radius 2 is 1.69 bits per heavy atom. The van der Waals surface area contributed by atoms with Gasteiger partial charge in [0.2, 0.25) is 10.0 Å². The van der Waals surface area contributed by atoms with Crippen LogP contribution in [0.1, 0.15) is 42.5 Å². The van der Waals surface area contributed by atoms with Crippen molar-refractivity contribution in [3.05, 3.63) is 64.5 Å². The average molecular weight is 531 g/mol. The topological polar surface area (TPSA) is 77.9 Å². The Bertz CT molecular complexity index is 1210. The lowest BCUT2D eigenvalue weighted by molar-refractivity contribution is -0.140. The second-order valence-electron chi connectivity index (χ2n) is 9.43. The van der Waals surface area contributed by atoms with Gasteiger partial charge >= 0.3 is 12.1 Å². The van der Waals surface area contributed by atoms with E-state index < -0.39 is 33.5 Å². The monoisotopic (exact) mass is 530 g/mol. The minimum absolute atomic E-state index is 0.0650. The molecule has 1 aliphatic rings. The van der Waals surface area contributed by atoms with Crippen molar-refractivity contribution in [3.63, 3.8) is 0 Å². The summed E-state index contributed by atoms with van der Waals surface area (Å²) in [6, 6.07) is 6.84. The van der Waals surface area contributed by atoms with Gasteiger partial charge in [0, 0.05) is 25.2 Å². The average Bonchev–Trinajstić information content (AvgIpc) is 2.71. The molecule has 3 rings (SSSR count). The van der Waals surface area contributed by atoms with Crippen LogP contribution in [0.2, 0.25) is 0 Å². The number of aliphatic carboxylic acids is 1. The maximum Gasteiger partial charge on any atom is 0.419 e. The Hall–Kier alpha value is -2.50. The van der Waals surface area contributed by atoms with Crippen LogP contribution in [0.5, 0.6) is 0 Å². The number of rotatable bonds is 8. The van der Waals surface area contributed by atoms with E-state index in [0.717, 1.165) is 12.1 Å². The van der Waals surface area contributed by atoms with Gasteiger partial charge in [-0.2, -0.15) is 17.5 Å². The molecule has 0 aromatic heterocycles. The summed E-state index contributed by atoms with van der Waals surface area (Å²) >= 11 is 0. The van der Waals surface area contributed by atoms with Gasteiger partial charge in [0.05, 0.1) is 16.9 Å². The van der Waals surface area contributed by atoms with Gasteiger partial charge in [-0.1, -0.05) is 12.1 Å². The van der Waals surface area contributed by atoms with Gasteiger partial charge in [-0.25, -0.2) is 12.8 Å². The third kappa shape index (κ3) is 6.63. The van der Waals surface area contributed by atoms with Gasteiger partial charge in [0.15, 0.2) is 0 Å². The van der Waals surface area contributed by atoms with Crippen LogP contribution in [0.4, 0.5) is 17.6 Å². The van der Waals surface area contributed by atoms with Crippen LogP contribution in [0.15, 0.2) is 41.3 Å². The first-order chi connectivity index (χ1) is 16.7. The van der Waals surface area contributed by atoms with Gasteiger partial charge in [0.1, 0.15) is 5.82 Å². The van der Waals surface area contributed by atoms with E-state index in [9.17, 15) is 30.8 Å². The quantitative estimate of drug-likeness (QED) is 0.509. The first-order valence-electron chi connectivity index (χ1n) is 11.6. The van der Waals surface area contributed by atoms with E-state index in [4.69, 9.17) is 5.11 Å². The van der Waals surface area contributed by atoms with Crippen LogP contribution in [0, 0.1) is 12.7 Å². The molecule has 0 radical (unpaired) electrons. The van der Waals surface area contributed by atoms with E-state index in [1.54, 1.807) is 26.8 Å². The SMILES string of the molecule is Cc1cc(CC(=O)O)cc(S(=O)(=O)N2C(C)CN(CCCc3ccc(C(F)(F)F)c(F)c3)C[C@@H]2C)c1.